The van der Waals surface area contributed by atoms with Crippen LogP contribution in [0.15, 0.2) is 24.3 Å². The fraction of sp³-hybridized carbons (Fsp3) is 0.600. The molecule has 3 atom stereocenters. The molecule has 1 heterocycles. The van der Waals surface area contributed by atoms with Crippen LogP contribution in [0.2, 0.25) is 0 Å². The Bertz CT molecular complexity index is 416. The van der Waals surface area contributed by atoms with Crippen LogP contribution in [0.5, 0.6) is 5.75 Å². The van der Waals surface area contributed by atoms with E-state index in [2.05, 4.69) is 18.3 Å². The molecule has 5 heteroatoms. The van der Waals surface area contributed by atoms with E-state index in [4.69, 9.17) is 9.84 Å². The van der Waals surface area contributed by atoms with E-state index in [1.807, 2.05) is 18.2 Å². The molecule has 0 fully saturated rings. The summed E-state index contributed by atoms with van der Waals surface area (Å²) in [6, 6.07) is 8.34. The van der Waals surface area contributed by atoms with Gasteiger partial charge in [-0.1, -0.05) is 25.1 Å². The van der Waals surface area contributed by atoms with E-state index < -0.39 is 6.10 Å². The van der Waals surface area contributed by atoms with Gasteiger partial charge in [-0.05, 0) is 19.0 Å². The number of fused-ring (bicyclic) bond motifs is 1. The van der Waals surface area contributed by atoms with Crippen molar-refractivity contribution in [1.82, 2.24) is 5.32 Å². The monoisotopic (exact) mass is 297 g/mol. The molecule has 1 aromatic rings. The lowest BCUT2D eigenvalue weighted by molar-refractivity contribution is 0.113. The summed E-state index contributed by atoms with van der Waals surface area (Å²) < 4.78 is 5.81. The third-order valence-electron chi connectivity index (χ3n) is 3.36. The minimum atomic E-state index is -0.663. The Morgan fingerprint density at radius 2 is 2.25 bits per heavy atom. The van der Waals surface area contributed by atoms with Gasteiger partial charge in [0.15, 0.2) is 0 Å². The quantitative estimate of drug-likeness (QED) is 0.713. The maximum atomic E-state index is 9.51. The van der Waals surface area contributed by atoms with E-state index in [0.717, 1.165) is 18.7 Å². The van der Waals surface area contributed by atoms with Gasteiger partial charge in [-0.3, -0.25) is 0 Å². The summed E-state index contributed by atoms with van der Waals surface area (Å²) in [5, 5.41) is 22.3. The van der Waals surface area contributed by atoms with Crippen molar-refractivity contribution in [3.8, 4) is 5.75 Å². The Kier molecular flexibility index (Phi) is 6.16. The summed E-state index contributed by atoms with van der Waals surface area (Å²) >= 11 is 1.65. The first kappa shape index (κ1) is 15.6. The first-order valence-electron chi connectivity index (χ1n) is 7.12. The van der Waals surface area contributed by atoms with Crippen LogP contribution in [0.3, 0.4) is 0 Å². The predicted octanol–water partition coefficient (Wildman–Crippen LogP) is 1.57. The van der Waals surface area contributed by atoms with Crippen LogP contribution in [0.4, 0.5) is 0 Å². The van der Waals surface area contributed by atoms with Crippen LogP contribution in [0.1, 0.15) is 24.9 Å². The SMILES string of the molecule is CCCNC1c2ccccc2OCC1SCC(O)CO. The molecule has 1 aliphatic rings. The molecule has 112 valence electrons. The number of hydrogen-bond acceptors (Lipinski definition) is 5. The molecule has 0 saturated heterocycles. The zero-order valence-electron chi connectivity index (χ0n) is 11.8. The third kappa shape index (κ3) is 3.88. The largest absolute Gasteiger partial charge is 0.492 e. The Hall–Kier alpha value is -0.750. The summed E-state index contributed by atoms with van der Waals surface area (Å²) in [6.07, 6.45) is 0.417. The lowest BCUT2D eigenvalue weighted by Gasteiger charge is -2.34. The minimum Gasteiger partial charge on any atom is -0.492 e. The van der Waals surface area contributed by atoms with Crippen LogP contribution in [-0.4, -0.2) is 47.1 Å². The number of benzene rings is 1. The van der Waals surface area contributed by atoms with E-state index in [9.17, 15) is 5.11 Å². The Morgan fingerprint density at radius 1 is 1.45 bits per heavy atom. The highest BCUT2D eigenvalue weighted by Crippen LogP contribution is 2.37. The van der Waals surface area contributed by atoms with E-state index in [0.29, 0.717) is 12.4 Å². The van der Waals surface area contributed by atoms with Gasteiger partial charge in [-0.15, -0.1) is 0 Å². The number of hydrogen-bond donors (Lipinski definition) is 3. The summed E-state index contributed by atoms with van der Waals surface area (Å²) in [6.45, 7) is 3.54. The topological polar surface area (TPSA) is 61.7 Å². The van der Waals surface area contributed by atoms with Gasteiger partial charge in [0.2, 0.25) is 0 Å². The second-order valence-corrected chi connectivity index (χ2v) is 6.26. The van der Waals surface area contributed by atoms with Crippen molar-refractivity contribution in [3.63, 3.8) is 0 Å². The molecule has 0 aliphatic carbocycles. The molecule has 4 nitrogen and oxygen atoms in total. The van der Waals surface area contributed by atoms with Crippen LogP contribution in [0.25, 0.3) is 0 Å². The minimum absolute atomic E-state index is 0.190. The van der Waals surface area contributed by atoms with Gasteiger partial charge in [0.1, 0.15) is 12.4 Å². The molecule has 3 unspecified atom stereocenters. The predicted molar refractivity (Wildman–Crippen MR) is 82.3 cm³/mol. The van der Waals surface area contributed by atoms with Crippen LogP contribution < -0.4 is 10.1 Å². The summed E-state index contributed by atoms with van der Waals surface area (Å²) in [5.41, 5.74) is 1.18. The number of rotatable bonds is 7. The van der Waals surface area contributed by atoms with Crippen molar-refractivity contribution in [2.75, 3.05) is 25.5 Å². The second kappa shape index (κ2) is 7.88. The van der Waals surface area contributed by atoms with Gasteiger partial charge in [0.05, 0.1) is 24.0 Å². The molecule has 0 radical (unpaired) electrons. The summed E-state index contributed by atoms with van der Waals surface area (Å²) in [7, 11) is 0. The molecule has 1 aliphatic heterocycles. The van der Waals surface area contributed by atoms with Gasteiger partial charge in [-0.25, -0.2) is 0 Å². The summed E-state index contributed by atoms with van der Waals surface area (Å²) in [5.74, 6) is 1.47. The van der Waals surface area contributed by atoms with Crippen LogP contribution >= 0.6 is 11.8 Å². The molecule has 0 bridgehead atoms. The first-order chi connectivity index (χ1) is 9.76. The molecule has 20 heavy (non-hydrogen) atoms. The van der Waals surface area contributed by atoms with E-state index >= 15 is 0 Å². The van der Waals surface area contributed by atoms with Crippen molar-refractivity contribution in [1.29, 1.82) is 0 Å². The number of ether oxygens (including phenoxy) is 1. The van der Waals surface area contributed by atoms with Gasteiger partial charge in [0.25, 0.3) is 0 Å². The zero-order chi connectivity index (χ0) is 14.4. The van der Waals surface area contributed by atoms with E-state index in [-0.39, 0.29) is 17.9 Å². The second-order valence-electron chi connectivity index (χ2n) is 4.99. The maximum absolute atomic E-state index is 9.51. The number of aliphatic hydroxyl groups is 2. The average molecular weight is 297 g/mol. The van der Waals surface area contributed by atoms with Gasteiger partial charge < -0.3 is 20.3 Å². The molecule has 3 N–H and O–H groups in total. The van der Waals surface area contributed by atoms with Gasteiger partial charge in [-0.2, -0.15) is 11.8 Å². The van der Waals surface area contributed by atoms with Crippen molar-refractivity contribution < 1.29 is 14.9 Å². The number of para-hydroxylation sites is 1. The zero-order valence-corrected chi connectivity index (χ0v) is 12.6. The molecule has 1 aromatic carbocycles. The average Bonchev–Trinajstić information content (AvgIpc) is 2.50. The molecular weight excluding hydrogens is 274 g/mol. The van der Waals surface area contributed by atoms with Crippen molar-refractivity contribution >= 4 is 11.8 Å². The highest BCUT2D eigenvalue weighted by molar-refractivity contribution is 8.00. The van der Waals surface area contributed by atoms with Crippen molar-refractivity contribution in [3.05, 3.63) is 29.8 Å². The fourth-order valence-corrected chi connectivity index (χ4v) is 3.48. The normalized spacial score (nSPS) is 22.9. The summed E-state index contributed by atoms with van der Waals surface area (Å²) in [4.78, 5) is 0. The highest BCUT2D eigenvalue weighted by atomic mass is 32.2. The maximum Gasteiger partial charge on any atom is 0.124 e. The molecule has 0 saturated carbocycles. The van der Waals surface area contributed by atoms with Crippen LogP contribution in [0, 0.1) is 0 Å². The Balaban J connectivity index is 2.07. The van der Waals surface area contributed by atoms with Crippen molar-refractivity contribution in [2.24, 2.45) is 0 Å². The number of nitrogens with one attached hydrogen (secondary N) is 1. The lowest BCUT2D eigenvalue weighted by atomic mass is 10.00. The van der Waals surface area contributed by atoms with E-state index in [1.54, 1.807) is 11.8 Å². The number of thioether (sulfide) groups is 1. The fourth-order valence-electron chi connectivity index (χ4n) is 2.31. The molecular formula is C15H23NO3S. The van der Waals surface area contributed by atoms with Gasteiger partial charge >= 0.3 is 0 Å². The highest BCUT2D eigenvalue weighted by Gasteiger charge is 2.30. The molecule has 2 rings (SSSR count). The van der Waals surface area contributed by atoms with Crippen molar-refractivity contribution in [2.45, 2.75) is 30.7 Å². The van der Waals surface area contributed by atoms with E-state index in [1.165, 1.54) is 5.56 Å². The Labute approximate surface area is 124 Å². The van der Waals surface area contributed by atoms with Gasteiger partial charge in [0, 0.05) is 11.3 Å². The lowest BCUT2D eigenvalue weighted by Crippen LogP contribution is -2.38. The molecule has 0 spiro atoms. The molecule has 0 aromatic heterocycles. The smallest absolute Gasteiger partial charge is 0.124 e. The number of aliphatic hydroxyl groups excluding tert-OH is 2. The first-order valence-corrected chi connectivity index (χ1v) is 8.16. The Morgan fingerprint density at radius 3 is 3.00 bits per heavy atom. The van der Waals surface area contributed by atoms with Crippen LogP contribution in [-0.2, 0) is 0 Å². The third-order valence-corrected chi connectivity index (χ3v) is 4.77. The standard InChI is InChI=1S/C15H23NO3S/c1-2-7-16-15-12-5-3-4-6-13(12)19-9-14(15)20-10-11(18)8-17/h3-6,11,14-18H,2,7-10H2,1H3. The molecule has 0 amide bonds.